The van der Waals surface area contributed by atoms with Crippen molar-refractivity contribution in [3.63, 3.8) is 0 Å². The van der Waals surface area contributed by atoms with Crippen molar-refractivity contribution in [1.82, 2.24) is 0 Å². The van der Waals surface area contributed by atoms with Crippen molar-refractivity contribution in [3.05, 3.63) is 29.8 Å². The van der Waals surface area contributed by atoms with E-state index in [0.717, 1.165) is 24.3 Å². The number of carbonyl (C=O) groups excluding carboxylic acids is 3. The van der Waals surface area contributed by atoms with E-state index in [1.165, 1.54) is 0 Å². The highest BCUT2D eigenvalue weighted by atomic mass is 16.8. The molecule has 21 heavy (non-hydrogen) atoms. The van der Waals surface area contributed by atoms with E-state index in [0.29, 0.717) is 0 Å². The van der Waals surface area contributed by atoms with Gasteiger partial charge >= 0.3 is 23.6 Å². The lowest BCUT2D eigenvalue weighted by atomic mass is 10.0. The summed E-state index contributed by atoms with van der Waals surface area (Å²) in [4.78, 5) is 34.9. The molecule has 0 spiro atoms. The Hall–Kier alpha value is -2.65. The van der Waals surface area contributed by atoms with Crippen LogP contribution in [-0.4, -0.2) is 45.4 Å². The van der Waals surface area contributed by atoms with Crippen LogP contribution in [-0.2, 0) is 29.6 Å². The SMILES string of the molecule is NC(=O)C1(c2ccc(O)cc2)OC(=O)C(O)C(O)C(=O)O1. The van der Waals surface area contributed by atoms with Crippen LogP contribution < -0.4 is 5.73 Å². The number of phenols is 1. The summed E-state index contributed by atoms with van der Waals surface area (Å²) in [6.45, 7) is 0. The van der Waals surface area contributed by atoms with Crippen LogP contribution in [0.25, 0.3) is 0 Å². The number of benzene rings is 1. The molecule has 1 amide bonds. The van der Waals surface area contributed by atoms with Crippen molar-refractivity contribution < 1.29 is 39.2 Å². The molecule has 5 N–H and O–H groups in total. The zero-order valence-electron chi connectivity index (χ0n) is 10.4. The molecular weight excluding hydrogens is 286 g/mol. The maximum atomic E-state index is 11.7. The van der Waals surface area contributed by atoms with Crippen molar-refractivity contribution in [1.29, 1.82) is 0 Å². The first-order chi connectivity index (χ1) is 9.78. The van der Waals surface area contributed by atoms with Crippen LogP contribution in [0.2, 0.25) is 0 Å². The molecular formula is C12H11NO8. The molecule has 9 nitrogen and oxygen atoms in total. The Labute approximate surface area is 117 Å². The maximum Gasteiger partial charge on any atom is 0.364 e. The zero-order chi connectivity index (χ0) is 15.8. The van der Waals surface area contributed by atoms with Crippen molar-refractivity contribution in [2.45, 2.75) is 18.0 Å². The van der Waals surface area contributed by atoms with Gasteiger partial charge in [-0.2, -0.15) is 0 Å². The summed E-state index contributed by atoms with van der Waals surface area (Å²) in [5.74, 6) is -7.07. The van der Waals surface area contributed by atoms with Gasteiger partial charge in [0.2, 0.25) is 0 Å². The van der Waals surface area contributed by atoms with Gasteiger partial charge in [0.25, 0.3) is 0 Å². The van der Waals surface area contributed by atoms with Crippen LogP contribution in [0.15, 0.2) is 24.3 Å². The number of aliphatic hydroxyl groups excluding tert-OH is 2. The van der Waals surface area contributed by atoms with Crippen molar-refractivity contribution in [2.75, 3.05) is 0 Å². The molecule has 1 fully saturated rings. The van der Waals surface area contributed by atoms with E-state index in [2.05, 4.69) is 0 Å². The maximum absolute atomic E-state index is 11.7. The Morgan fingerprint density at radius 3 is 1.86 bits per heavy atom. The fourth-order valence-electron chi connectivity index (χ4n) is 1.72. The van der Waals surface area contributed by atoms with Gasteiger partial charge in [-0.3, -0.25) is 4.79 Å². The predicted octanol–water partition coefficient (Wildman–Crippen LogP) is -2.15. The number of primary amides is 1. The van der Waals surface area contributed by atoms with E-state index in [9.17, 15) is 29.7 Å². The Morgan fingerprint density at radius 2 is 1.48 bits per heavy atom. The number of carbonyl (C=O) groups is 3. The number of esters is 2. The fraction of sp³-hybridized carbons (Fsp3) is 0.250. The summed E-state index contributed by atoms with van der Waals surface area (Å²) in [7, 11) is 0. The minimum absolute atomic E-state index is 0.162. The molecule has 0 aromatic heterocycles. The van der Waals surface area contributed by atoms with Crippen LogP contribution in [0.5, 0.6) is 5.75 Å². The first-order valence-electron chi connectivity index (χ1n) is 5.69. The van der Waals surface area contributed by atoms with Crippen molar-refractivity contribution in [3.8, 4) is 5.75 Å². The van der Waals surface area contributed by atoms with E-state index in [1.807, 2.05) is 0 Å². The summed E-state index contributed by atoms with van der Waals surface area (Å²) in [6.07, 6.45) is -4.42. The quantitative estimate of drug-likeness (QED) is 0.450. The second kappa shape index (κ2) is 5.04. The topological polar surface area (TPSA) is 156 Å². The van der Waals surface area contributed by atoms with E-state index in [-0.39, 0.29) is 11.3 Å². The second-order valence-electron chi connectivity index (χ2n) is 4.26. The standard InChI is InChI=1S/C12H11NO8/c13-11(19)12(5-1-3-6(14)4-2-5)20-9(17)7(15)8(16)10(18)21-12/h1-4,7-8,14-16H,(H2,13,19). The fourth-order valence-corrected chi connectivity index (χ4v) is 1.72. The van der Waals surface area contributed by atoms with Gasteiger partial charge in [0, 0.05) is 5.56 Å². The summed E-state index contributed by atoms with van der Waals surface area (Å²) in [5, 5.41) is 28.0. The predicted molar refractivity (Wildman–Crippen MR) is 63.2 cm³/mol. The number of ether oxygens (including phenoxy) is 2. The van der Waals surface area contributed by atoms with E-state index in [4.69, 9.17) is 15.2 Å². The zero-order valence-corrected chi connectivity index (χ0v) is 10.4. The molecule has 1 heterocycles. The summed E-state index contributed by atoms with van der Waals surface area (Å²) >= 11 is 0. The number of hydrogen-bond acceptors (Lipinski definition) is 8. The molecule has 112 valence electrons. The number of amides is 1. The minimum Gasteiger partial charge on any atom is -0.508 e. The molecule has 0 radical (unpaired) electrons. The molecule has 0 bridgehead atoms. The summed E-state index contributed by atoms with van der Waals surface area (Å²) in [6, 6.07) is 4.54. The van der Waals surface area contributed by atoms with Gasteiger partial charge in [0.05, 0.1) is 0 Å². The number of rotatable bonds is 2. The number of hydrogen-bond donors (Lipinski definition) is 4. The number of aliphatic hydroxyl groups is 2. The highest BCUT2D eigenvalue weighted by Crippen LogP contribution is 2.32. The van der Waals surface area contributed by atoms with Crippen molar-refractivity contribution in [2.24, 2.45) is 5.73 Å². The summed E-state index contributed by atoms with van der Waals surface area (Å²) in [5.41, 5.74) is 4.97. The third kappa shape index (κ3) is 2.39. The molecule has 0 saturated carbocycles. The molecule has 1 saturated heterocycles. The van der Waals surface area contributed by atoms with Gasteiger partial charge in [-0.15, -0.1) is 0 Å². The van der Waals surface area contributed by atoms with Crippen molar-refractivity contribution >= 4 is 17.8 Å². The highest BCUT2D eigenvalue weighted by molar-refractivity contribution is 5.94. The first-order valence-corrected chi connectivity index (χ1v) is 5.69. The lowest BCUT2D eigenvalue weighted by Crippen LogP contribution is -2.47. The first kappa shape index (κ1) is 14.8. The molecule has 1 aromatic carbocycles. The van der Waals surface area contributed by atoms with Gasteiger partial charge in [0.15, 0.2) is 12.2 Å². The van der Waals surface area contributed by atoms with E-state index >= 15 is 0 Å². The number of nitrogens with two attached hydrogens (primary N) is 1. The third-order valence-corrected chi connectivity index (χ3v) is 2.84. The van der Waals surface area contributed by atoms with Gasteiger partial charge in [-0.25, -0.2) is 9.59 Å². The third-order valence-electron chi connectivity index (χ3n) is 2.84. The van der Waals surface area contributed by atoms with Gasteiger partial charge in [0.1, 0.15) is 5.75 Å². The number of cyclic esters (lactones) is 2. The van der Waals surface area contributed by atoms with Gasteiger partial charge in [-0.1, -0.05) is 0 Å². The van der Waals surface area contributed by atoms with Crippen LogP contribution in [0.3, 0.4) is 0 Å². The molecule has 2 atom stereocenters. The molecule has 2 unspecified atom stereocenters. The number of aromatic hydroxyl groups is 1. The van der Waals surface area contributed by atoms with E-state index in [1.54, 1.807) is 0 Å². The van der Waals surface area contributed by atoms with Gasteiger partial charge < -0.3 is 30.5 Å². The average molecular weight is 297 g/mol. The normalized spacial score (nSPS) is 29.2. The Kier molecular flexibility index (Phi) is 3.54. The molecule has 1 aliphatic heterocycles. The minimum atomic E-state index is -2.64. The smallest absolute Gasteiger partial charge is 0.364 e. The van der Waals surface area contributed by atoms with E-state index < -0.39 is 35.8 Å². The Morgan fingerprint density at radius 1 is 1.05 bits per heavy atom. The van der Waals surface area contributed by atoms with Crippen LogP contribution in [0.1, 0.15) is 5.56 Å². The number of phenolic OH excluding ortho intramolecular Hbond substituents is 1. The van der Waals surface area contributed by atoms with Crippen LogP contribution in [0.4, 0.5) is 0 Å². The average Bonchev–Trinajstić information content (AvgIpc) is 2.52. The summed E-state index contributed by atoms with van der Waals surface area (Å²) < 4.78 is 9.38. The lowest BCUT2D eigenvalue weighted by Gasteiger charge is -2.27. The Balaban J connectivity index is 2.56. The molecule has 2 rings (SSSR count). The Bertz CT molecular complexity index is 574. The lowest BCUT2D eigenvalue weighted by molar-refractivity contribution is -0.226. The molecule has 9 heteroatoms. The molecule has 1 aliphatic rings. The highest BCUT2D eigenvalue weighted by Gasteiger charge is 2.54. The van der Waals surface area contributed by atoms with Gasteiger partial charge in [-0.05, 0) is 24.3 Å². The van der Waals surface area contributed by atoms with Crippen LogP contribution in [0, 0.1) is 0 Å². The monoisotopic (exact) mass is 297 g/mol. The molecule has 1 aromatic rings. The molecule has 0 aliphatic carbocycles. The largest absolute Gasteiger partial charge is 0.508 e. The van der Waals surface area contributed by atoms with Crippen LogP contribution >= 0.6 is 0 Å². The second-order valence-corrected chi connectivity index (χ2v) is 4.26.